The van der Waals surface area contributed by atoms with Crippen LogP contribution in [-0.2, 0) is 13.1 Å². The predicted octanol–water partition coefficient (Wildman–Crippen LogP) is 2.38. The molecule has 1 saturated heterocycles. The minimum atomic E-state index is -0.123. The Kier molecular flexibility index (Phi) is 6.70. The number of rotatable bonds is 5. The number of hydrogen-bond acceptors (Lipinski definition) is 3. The molecule has 0 amide bonds. The zero-order valence-corrected chi connectivity index (χ0v) is 15.2. The number of nitrogens with zero attached hydrogens (tertiary/aromatic N) is 2. The second-order valence-corrected chi connectivity index (χ2v) is 7.46. The van der Waals surface area contributed by atoms with Crippen LogP contribution in [0.4, 0.5) is 0 Å². The maximum atomic E-state index is 9.66. The second kappa shape index (κ2) is 9.20. The molecule has 0 unspecified atom stereocenters. The Balaban J connectivity index is 1.55. The van der Waals surface area contributed by atoms with Crippen LogP contribution in [-0.4, -0.2) is 41.2 Å². The van der Waals surface area contributed by atoms with E-state index in [9.17, 15) is 5.11 Å². The summed E-state index contributed by atoms with van der Waals surface area (Å²) in [6.45, 7) is 3.47. The third-order valence-corrected chi connectivity index (χ3v) is 5.45. The van der Waals surface area contributed by atoms with Crippen molar-refractivity contribution in [2.75, 3.05) is 13.1 Å². The molecule has 2 fully saturated rings. The fourth-order valence-corrected chi connectivity index (χ4v) is 3.86. The summed E-state index contributed by atoms with van der Waals surface area (Å²) in [7, 11) is 0. The van der Waals surface area contributed by atoms with E-state index in [1.54, 1.807) is 0 Å². The lowest BCUT2D eigenvalue weighted by Gasteiger charge is -2.30. The van der Waals surface area contributed by atoms with Crippen molar-refractivity contribution in [2.45, 2.75) is 70.2 Å². The quantitative estimate of drug-likeness (QED) is 0.566. The molecule has 0 bridgehead atoms. The van der Waals surface area contributed by atoms with Gasteiger partial charge in [-0.2, -0.15) is 0 Å². The van der Waals surface area contributed by atoms with E-state index in [2.05, 4.69) is 39.5 Å². The summed E-state index contributed by atoms with van der Waals surface area (Å²) in [5, 5.41) is 13.0. The molecule has 0 aromatic heterocycles. The Morgan fingerprint density at radius 1 is 1.08 bits per heavy atom. The first kappa shape index (κ1) is 18.2. The normalized spacial score (nSPS) is 21.4. The van der Waals surface area contributed by atoms with Gasteiger partial charge >= 0.3 is 0 Å². The predicted molar refractivity (Wildman–Crippen MR) is 102 cm³/mol. The molecule has 5 heteroatoms. The molecule has 5 nitrogen and oxygen atoms in total. The lowest BCUT2D eigenvalue weighted by molar-refractivity contribution is 0.0791. The smallest absolute Gasteiger partial charge is 0.189 e. The maximum absolute atomic E-state index is 9.66. The number of hydrogen-bond donors (Lipinski definition) is 3. The molecular formula is C20H32N4O. The first-order valence-electron chi connectivity index (χ1n) is 9.74. The molecule has 138 valence electrons. The average Bonchev–Trinajstić information content (AvgIpc) is 2.64. The fraction of sp³-hybridized carbons (Fsp3) is 0.650. The van der Waals surface area contributed by atoms with E-state index in [-0.39, 0.29) is 6.10 Å². The molecule has 0 atom stereocenters. The van der Waals surface area contributed by atoms with Crippen LogP contribution in [0.1, 0.15) is 56.1 Å². The monoisotopic (exact) mass is 344 g/mol. The van der Waals surface area contributed by atoms with Gasteiger partial charge < -0.3 is 16.2 Å². The van der Waals surface area contributed by atoms with Gasteiger partial charge in [0.25, 0.3) is 0 Å². The number of aliphatic imine (C=N–C) groups is 1. The highest BCUT2D eigenvalue weighted by Crippen LogP contribution is 2.18. The number of nitrogens with one attached hydrogen (secondary N) is 1. The van der Waals surface area contributed by atoms with E-state index in [1.165, 1.54) is 43.2 Å². The van der Waals surface area contributed by atoms with Gasteiger partial charge in [0.15, 0.2) is 5.96 Å². The van der Waals surface area contributed by atoms with Gasteiger partial charge in [-0.05, 0) is 36.8 Å². The maximum Gasteiger partial charge on any atom is 0.189 e. The number of benzene rings is 1. The van der Waals surface area contributed by atoms with Crippen molar-refractivity contribution in [3.8, 4) is 0 Å². The Morgan fingerprint density at radius 3 is 2.48 bits per heavy atom. The SMILES string of the molecule is NC(=NCc1ccccc1CN1CCC(O)CC1)NC1CCCCC1. The number of aliphatic hydroxyl groups excluding tert-OH is 1. The van der Waals surface area contributed by atoms with Crippen molar-refractivity contribution < 1.29 is 5.11 Å². The van der Waals surface area contributed by atoms with Gasteiger partial charge in [0.1, 0.15) is 0 Å². The van der Waals surface area contributed by atoms with Crippen LogP contribution in [0.15, 0.2) is 29.3 Å². The zero-order valence-electron chi connectivity index (χ0n) is 15.2. The molecule has 1 aromatic carbocycles. The van der Waals surface area contributed by atoms with Crippen LogP contribution in [0.5, 0.6) is 0 Å². The lowest BCUT2D eigenvalue weighted by atomic mass is 9.96. The summed E-state index contributed by atoms with van der Waals surface area (Å²) in [6, 6.07) is 8.98. The largest absolute Gasteiger partial charge is 0.393 e. The molecule has 2 aliphatic rings. The molecule has 0 radical (unpaired) electrons. The fourth-order valence-electron chi connectivity index (χ4n) is 3.86. The Labute approximate surface area is 151 Å². The Bertz CT molecular complexity index is 561. The number of piperidine rings is 1. The van der Waals surface area contributed by atoms with Gasteiger partial charge in [0.05, 0.1) is 12.6 Å². The van der Waals surface area contributed by atoms with Crippen LogP contribution in [0, 0.1) is 0 Å². The number of aliphatic hydroxyl groups is 1. The highest BCUT2D eigenvalue weighted by atomic mass is 16.3. The summed E-state index contributed by atoms with van der Waals surface area (Å²) in [5.74, 6) is 0.572. The first-order valence-corrected chi connectivity index (χ1v) is 9.74. The molecule has 0 spiro atoms. The summed E-state index contributed by atoms with van der Waals surface area (Å²) >= 11 is 0. The zero-order chi connectivity index (χ0) is 17.5. The molecule has 3 rings (SSSR count). The van der Waals surface area contributed by atoms with Crippen LogP contribution in [0.2, 0.25) is 0 Å². The molecular weight excluding hydrogens is 312 g/mol. The minimum Gasteiger partial charge on any atom is -0.393 e. The van der Waals surface area contributed by atoms with E-state index in [4.69, 9.17) is 5.73 Å². The van der Waals surface area contributed by atoms with Gasteiger partial charge in [0, 0.05) is 25.7 Å². The van der Waals surface area contributed by atoms with E-state index in [0.717, 1.165) is 32.5 Å². The van der Waals surface area contributed by atoms with Crippen molar-refractivity contribution in [3.05, 3.63) is 35.4 Å². The molecule has 1 saturated carbocycles. The van der Waals surface area contributed by atoms with E-state index >= 15 is 0 Å². The number of nitrogens with two attached hydrogens (primary N) is 1. The highest BCUT2D eigenvalue weighted by molar-refractivity contribution is 5.78. The van der Waals surface area contributed by atoms with Gasteiger partial charge in [-0.25, -0.2) is 4.99 Å². The van der Waals surface area contributed by atoms with Gasteiger partial charge in [-0.15, -0.1) is 0 Å². The van der Waals surface area contributed by atoms with Gasteiger partial charge in [-0.3, -0.25) is 4.90 Å². The van der Waals surface area contributed by atoms with Crippen molar-refractivity contribution in [1.29, 1.82) is 0 Å². The molecule has 25 heavy (non-hydrogen) atoms. The first-order chi connectivity index (χ1) is 12.2. The summed E-state index contributed by atoms with van der Waals surface area (Å²) in [5.41, 5.74) is 8.65. The number of guanidine groups is 1. The average molecular weight is 345 g/mol. The molecule has 1 aliphatic heterocycles. The van der Waals surface area contributed by atoms with Crippen molar-refractivity contribution >= 4 is 5.96 Å². The van der Waals surface area contributed by atoms with E-state index in [0.29, 0.717) is 18.5 Å². The van der Waals surface area contributed by atoms with Crippen LogP contribution in [0.25, 0.3) is 0 Å². The van der Waals surface area contributed by atoms with Crippen molar-refractivity contribution in [3.63, 3.8) is 0 Å². The van der Waals surface area contributed by atoms with Gasteiger partial charge in [0.2, 0.25) is 0 Å². The molecule has 1 heterocycles. The van der Waals surface area contributed by atoms with Gasteiger partial charge in [-0.1, -0.05) is 43.5 Å². The van der Waals surface area contributed by atoms with E-state index in [1.807, 2.05) is 0 Å². The molecule has 1 aromatic rings. The third kappa shape index (κ3) is 5.72. The molecule has 4 N–H and O–H groups in total. The topological polar surface area (TPSA) is 73.9 Å². The highest BCUT2D eigenvalue weighted by Gasteiger charge is 2.18. The minimum absolute atomic E-state index is 0.123. The Hall–Kier alpha value is -1.59. The summed E-state index contributed by atoms with van der Waals surface area (Å²) in [6.07, 6.45) is 7.95. The molecule has 1 aliphatic carbocycles. The van der Waals surface area contributed by atoms with Crippen molar-refractivity contribution in [1.82, 2.24) is 10.2 Å². The lowest BCUT2D eigenvalue weighted by Crippen LogP contribution is -2.41. The van der Waals surface area contributed by atoms with Crippen LogP contribution < -0.4 is 11.1 Å². The second-order valence-electron chi connectivity index (χ2n) is 7.46. The summed E-state index contributed by atoms with van der Waals surface area (Å²) in [4.78, 5) is 6.99. The van der Waals surface area contributed by atoms with Crippen LogP contribution in [0.3, 0.4) is 0 Å². The standard InChI is InChI=1S/C20H32N4O/c21-20(23-18-8-2-1-3-9-18)22-14-16-6-4-5-7-17(16)15-24-12-10-19(25)11-13-24/h4-7,18-19,25H,1-3,8-15H2,(H3,21,22,23). The third-order valence-electron chi connectivity index (χ3n) is 5.45. The van der Waals surface area contributed by atoms with E-state index < -0.39 is 0 Å². The Morgan fingerprint density at radius 2 is 1.76 bits per heavy atom. The van der Waals surface area contributed by atoms with Crippen LogP contribution >= 0.6 is 0 Å². The summed E-state index contributed by atoms with van der Waals surface area (Å²) < 4.78 is 0. The van der Waals surface area contributed by atoms with Crippen molar-refractivity contribution in [2.24, 2.45) is 10.7 Å². The number of likely N-dealkylation sites (tertiary alicyclic amines) is 1.